The van der Waals surface area contributed by atoms with Gasteiger partial charge in [-0.05, 0) is 5.41 Å². The van der Waals surface area contributed by atoms with Crippen molar-refractivity contribution in [3.63, 3.8) is 0 Å². The van der Waals surface area contributed by atoms with Gasteiger partial charge in [0.25, 0.3) is 0 Å². The second-order valence-corrected chi connectivity index (χ2v) is 5.83. The summed E-state index contributed by atoms with van der Waals surface area (Å²) in [6.07, 6.45) is 2.78. The van der Waals surface area contributed by atoms with Gasteiger partial charge in [0.15, 0.2) is 0 Å². The van der Waals surface area contributed by atoms with Crippen molar-refractivity contribution in [2.24, 2.45) is 11.1 Å². The zero-order valence-electron chi connectivity index (χ0n) is 9.86. The number of aromatic nitrogens is 1. The van der Waals surface area contributed by atoms with Crippen molar-refractivity contribution in [3.8, 4) is 0 Å². The fourth-order valence-corrected chi connectivity index (χ4v) is 2.52. The van der Waals surface area contributed by atoms with Gasteiger partial charge in [0.1, 0.15) is 0 Å². The van der Waals surface area contributed by atoms with Gasteiger partial charge in [-0.3, -0.25) is 4.98 Å². The Morgan fingerprint density at radius 3 is 2.60 bits per heavy atom. The number of hydrogen-bond donors (Lipinski definition) is 1. The van der Waals surface area contributed by atoms with Crippen LogP contribution in [0.2, 0.25) is 0 Å². The maximum atomic E-state index is 6.16. The average molecular weight is 228 g/mol. The fraction of sp³-hybridized carbons (Fsp3) is 0.727. The van der Waals surface area contributed by atoms with Crippen molar-refractivity contribution in [1.82, 2.24) is 4.98 Å². The van der Waals surface area contributed by atoms with E-state index in [2.05, 4.69) is 25.8 Å². The van der Waals surface area contributed by atoms with E-state index in [0.29, 0.717) is 0 Å². The first-order valence-electron chi connectivity index (χ1n) is 5.11. The summed E-state index contributed by atoms with van der Waals surface area (Å²) in [5.74, 6) is 0. The summed E-state index contributed by atoms with van der Waals surface area (Å²) in [6, 6.07) is 0.0236. The molecule has 0 fully saturated rings. The molecule has 2 atom stereocenters. The van der Waals surface area contributed by atoms with Gasteiger partial charge in [0.05, 0.1) is 11.6 Å². The molecule has 0 amide bonds. The lowest BCUT2D eigenvalue weighted by molar-refractivity contribution is -0.00150. The molecule has 0 bridgehead atoms. The molecule has 2 N–H and O–H groups in total. The van der Waals surface area contributed by atoms with Gasteiger partial charge in [-0.1, -0.05) is 20.8 Å². The summed E-state index contributed by atoms with van der Waals surface area (Å²) in [5, 5.41) is 0. The van der Waals surface area contributed by atoms with Gasteiger partial charge in [-0.25, -0.2) is 0 Å². The summed E-state index contributed by atoms with van der Waals surface area (Å²) in [5.41, 5.74) is 8.06. The van der Waals surface area contributed by atoms with E-state index in [-0.39, 0.29) is 17.6 Å². The molecule has 0 spiro atoms. The summed E-state index contributed by atoms with van der Waals surface area (Å²) in [6.45, 7) is 6.44. The minimum atomic E-state index is 0.0236. The van der Waals surface area contributed by atoms with Crippen LogP contribution in [0.4, 0.5) is 0 Å². The lowest BCUT2D eigenvalue weighted by atomic mass is 9.83. The molecule has 15 heavy (non-hydrogen) atoms. The summed E-state index contributed by atoms with van der Waals surface area (Å²) < 4.78 is 5.48. The molecule has 1 aromatic heterocycles. The minimum absolute atomic E-state index is 0.0236. The number of nitrogens with zero attached hydrogens (tertiary/aromatic N) is 1. The second-order valence-electron chi connectivity index (χ2n) is 4.86. The van der Waals surface area contributed by atoms with Gasteiger partial charge >= 0.3 is 0 Å². The van der Waals surface area contributed by atoms with E-state index in [1.54, 1.807) is 18.4 Å². The molecule has 1 heterocycles. The van der Waals surface area contributed by atoms with Crippen LogP contribution in [0.25, 0.3) is 0 Å². The Morgan fingerprint density at radius 2 is 2.20 bits per heavy atom. The van der Waals surface area contributed by atoms with Gasteiger partial charge in [0, 0.05) is 30.6 Å². The molecule has 86 valence electrons. The Morgan fingerprint density at radius 1 is 1.53 bits per heavy atom. The Labute approximate surface area is 95.7 Å². The molecule has 0 aromatic carbocycles. The second kappa shape index (κ2) is 5.05. The van der Waals surface area contributed by atoms with Crippen LogP contribution in [0, 0.1) is 5.41 Å². The molecule has 0 radical (unpaired) electrons. The van der Waals surface area contributed by atoms with E-state index in [1.807, 2.05) is 11.7 Å². The topological polar surface area (TPSA) is 48.1 Å². The monoisotopic (exact) mass is 228 g/mol. The third kappa shape index (κ3) is 3.55. The first-order valence-corrected chi connectivity index (χ1v) is 5.99. The summed E-state index contributed by atoms with van der Waals surface area (Å²) >= 11 is 1.64. The lowest BCUT2D eigenvalue weighted by Gasteiger charge is -2.33. The van der Waals surface area contributed by atoms with Crippen molar-refractivity contribution in [2.45, 2.75) is 39.3 Å². The normalized spacial score (nSPS) is 16.3. The van der Waals surface area contributed by atoms with Crippen molar-refractivity contribution < 1.29 is 4.74 Å². The highest BCUT2D eigenvalue weighted by molar-refractivity contribution is 7.09. The van der Waals surface area contributed by atoms with Crippen molar-refractivity contribution >= 4 is 11.3 Å². The molecule has 0 saturated carbocycles. The molecule has 0 aliphatic rings. The third-order valence-electron chi connectivity index (χ3n) is 2.42. The van der Waals surface area contributed by atoms with E-state index >= 15 is 0 Å². The van der Waals surface area contributed by atoms with Crippen molar-refractivity contribution in [2.75, 3.05) is 7.11 Å². The van der Waals surface area contributed by atoms with Gasteiger partial charge in [-0.2, -0.15) is 0 Å². The standard InChI is InChI=1S/C11H20N2OS/c1-11(2,3)10(14-4)9(12)5-8-6-13-7-15-8/h6-7,9-10H,5,12H2,1-4H3. The Kier molecular flexibility index (Phi) is 4.25. The van der Waals surface area contributed by atoms with E-state index in [9.17, 15) is 0 Å². The molecular weight excluding hydrogens is 208 g/mol. The molecule has 1 aromatic rings. The number of nitrogens with two attached hydrogens (primary N) is 1. The van der Waals surface area contributed by atoms with E-state index in [0.717, 1.165) is 6.42 Å². The number of ether oxygens (including phenoxy) is 1. The van der Waals surface area contributed by atoms with Gasteiger partial charge in [-0.15, -0.1) is 11.3 Å². The third-order valence-corrected chi connectivity index (χ3v) is 3.22. The van der Waals surface area contributed by atoms with Crippen LogP contribution < -0.4 is 5.73 Å². The smallest absolute Gasteiger partial charge is 0.0794 e. The van der Waals surface area contributed by atoms with E-state index in [4.69, 9.17) is 10.5 Å². The molecule has 2 unspecified atom stereocenters. The molecule has 0 aliphatic carbocycles. The highest BCUT2D eigenvalue weighted by Gasteiger charge is 2.30. The number of hydrogen-bond acceptors (Lipinski definition) is 4. The number of thiazole rings is 1. The maximum absolute atomic E-state index is 6.16. The number of methoxy groups -OCH3 is 1. The highest BCUT2D eigenvalue weighted by Crippen LogP contribution is 2.25. The van der Waals surface area contributed by atoms with Gasteiger partial charge in [0.2, 0.25) is 0 Å². The predicted molar refractivity (Wildman–Crippen MR) is 64.0 cm³/mol. The average Bonchev–Trinajstić information content (AvgIpc) is 2.54. The summed E-state index contributed by atoms with van der Waals surface area (Å²) in [7, 11) is 1.72. The molecule has 0 aliphatic heterocycles. The lowest BCUT2D eigenvalue weighted by Crippen LogP contribution is -2.45. The maximum Gasteiger partial charge on any atom is 0.0794 e. The first-order chi connectivity index (χ1) is 6.95. The van der Waals surface area contributed by atoms with Crippen molar-refractivity contribution in [3.05, 3.63) is 16.6 Å². The SMILES string of the molecule is COC(C(N)Cc1cncs1)C(C)(C)C. The first kappa shape index (κ1) is 12.6. The van der Waals surface area contributed by atoms with Crippen molar-refractivity contribution in [1.29, 1.82) is 0 Å². The minimum Gasteiger partial charge on any atom is -0.379 e. The molecule has 4 heteroatoms. The van der Waals surface area contributed by atoms with E-state index < -0.39 is 0 Å². The molecule has 3 nitrogen and oxygen atoms in total. The van der Waals surface area contributed by atoms with Crippen LogP contribution in [0.5, 0.6) is 0 Å². The molecule has 0 saturated heterocycles. The van der Waals surface area contributed by atoms with Gasteiger partial charge < -0.3 is 10.5 Å². The van der Waals surface area contributed by atoms with Crippen LogP contribution in [-0.2, 0) is 11.2 Å². The largest absolute Gasteiger partial charge is 0.379 e. The molecule has 1 rings (SSSR count). The van der Waals surface area contributed by atoms with Crippen LogP contribution in [0.3, 0.4) is 0 Å². The zero-order chi connectivity index (χ0) is 11.5. The summed E-state index contributed by atoms with van der Waals surface area (Å²) in [4.78, 5) is 5.26. The van der Waals surface area contributed by atoms with Crippen LogP contribution in [0.15, 0.2) is 11.7 Å². The molecular formula is C11H20N2OS. The predicted octanol–water partition coefficient (Wildman–Crippen LogP) is 2.07. The van der Waals surface area contributed by atoms with Crippen LogP contribution in [-0.4, -0.2) is 24.2 Å². The zero-order valence-corrected chi connectivity index (χ0v) is 10.7. The number of rotatable bonds is 4. The Bertz CT molecular complexity index is 279. The van der Waals surface area contributed by atoms with Crippen LogP contribution in [0.1, 0.15) is 25.6 Å². The highest BCUT2D eigenvalue weighted by atomic mass is 32.1. The van der Waals surface area contributed by atoms with E-state index in [1.165, 1.54) is 4.88 Å². The Balaban J connectivity index is 2.62. The van der Waals surface area contributed by atoms with Crippen LogP contribution >= 0.6 is 11.3 Å². The Hall–Kier alpha value is -0.450. The fourth-order valence-electron chi connectivity index (χ4n) is 1.85. The quantitative estimate of drug-likeness (QED) is 0.858.